The van der Waals surface area contributed by atoms with Crippen molar-refractivity contribution in [1.82, 2.24) is 14.7 Å². The second-order valence-corrected chi connectivity index (χ2v) is 5.93. The zero-order chi connectivity index (χ0) is 16.7. The topological polar surface area (TPSA) is 101 Å². The van der Waals surface area contributed by atoms with Gasteiger partial charge in [0.25, 0.3) is 0 Å². The van der Waals surface area contributed by atoms with Crippen LogP contribution in [0, 0.1) is 5.92 Å². The average Bonchev–Trinajstić information content (AvgIpc) is 2.37. The summed E-state index contributed by atoms with van der Waals surface area (Å²) in [6.45, 7) is 6.20. The summed E-state index contributed by atoms with van der Waals surface area (Å²) in [5.41, 5.74) is 0. The Labute approximate surface area is 130 Å². The van der Waals surface area contributed by atoms with Crippen LogP contribution < -0.4 is 0 Å². The van der Waals surface area contributed by atoms with Crippen LogP contribution in [0.4, 0.5) is 0 Å². The van der Waals surface area contributed by atoms with E-state index in [0.29, 0.717) is 32.8 Å². The lowest BCUT2D eigenvalue weighted by atomic mass is 10.1. The fourth-order valence-corrected chi connectivity index (χ4v) is 2.30. The molecule has 8 nitrogen and oxygen atoms in total. The number of nitrogens with zero attached hydrogens (tertiary/aromatic N) is 3. The van der Waals surface area contributed by atoms with E-state index in [2.05, 4.69) is 0 Å². The van der Waals surface area contributed by atoms with Crippen molar-refractivity contribution in [2.75, 3.05) is 52.5 Å². The highest BCUT2D eigenvalue weighted by Crippen LogP contribution is 2.05. The van der Waals surface area contributed by atoms with Gasteiger partial charge in [0.05, 0.1) is 26.3 Å². The molecule has 126 valence electrons. The number of ketones is 1. The maximum atomic E-state index is 11.9. The third-order valence-corrected chi connectivity index (χ3v) is 3.61. The second-order valence-electron chi connectivity index (χ2n) is 5.93. The molecule has 22 heavy (non-hydrogen) atoms. The Morgan fingerprint density at radius 2 is 1.23 bits per heavy atom. The molecule has 1 heterocycles. The van der Waals surface area contributed by atoms with Gasteiger partial charge in [-0.3, -0.25) is 29.1 Å². The smallest absolute Gasteiger partial charge is 0.317 e. The SMILES string of the molecule is CC(C)C(=O)CN1CCN(CC(=O)O)CCN(CC(=O)O)C1. The first kappa shape index (κ1) is 18.5. The molecule has 1 aliphatic heterocycles. The Morgan fingerprint density at radius 3 is 1.68 bits per heavy atom. The molecule has 0 aliphatic carbocycles. The predicted octanol–water partition coefficient (Wildman–Crippen LogP) is -0.742. The molecular weight excluding hydrogens is 290 g/mol. The van der Waals surface area contributed by atoms with Crippen molar-refractivity contribution in [2.45, 2.75) is 13.8 Å². The minimum atomic E-state index is -0.930. The van der Waals surface area contributed by atoms with Gasteiger partial charge in [-0.25, -0.2) is 0 Å². The summed E-state index contributed by atoms with van der Waals surface area (Å²) in [6.07, 6.45) is 0. The maximum absolute atomic E-state index is 11.9. The number of hydrogen-bond donors (Lipinski definition) is 2. The van der Waals surface area contributed by atoms with Gasteiger partial charge < -0.3 is 10.2 Å². The van der Waals surface area contributed by atoms with Gasteiger partial charge in [-0.05, 0) is 0 Å². The molecule has 0 saturated carbocycles. The predicted molar refractivity (Wildman–Crippen MR) is 79.6 cm³/mol. The Morgan fingerprint density at radius 1 is 0.818 bits per heavy atom. The Hall–Kier alpha value is -1.51. The largest absolute Gasteiger partial charge is 0.480 e. The van der Waals surface area contributed by atoms with Crippen molar-refractivity contribution in [3.8, 4) is 0 Å². The van der Waals surface area contributed by atoms with Crippen molar-refractivity contribution < 1.29 is 24.6 Å². The van der Waals surface area contributed by atoms with Gasteiger partial charge in [0.15, 0.2) is 0 Å². The van der Waals surface area contributed by atoms with Crippen LogP contribution in [-0.4, -0.2) is 95.1 Å². The third-order valence-electron chi connectivity index (χ3n) is 3.61. The van der Waals surface area contributed by atoms with E-state index in [-0.39, 0.29) is 31.3 Å². The van der Waals surface area contributed by atoms with E-state index >= 15 is 0 Å². The zero-order valence-corrected chi connectivity index (χ0v) is 13.2. The molecule has 0 aromatic carbocycles. The van der Waals surface area contributed by atoms with Crippen molar-refractivity contribution >= 4 is 17.7 Å². The number of carbonyl (C=O) groups excluding carboxylic acids is 1. The zero-order valence-electron chi connectivity index (χ0n) is 13.2. The van der Waals surface area contributed by atoms with Crippen molar-refractivity contribution in [1.29, 1.82) is 0 Å². The van der Waals surface area contributed by atoms with Gasteiger partial charge in [0.1, 0.15) is 5.78 Å². The average molecular weight is 315 g/mol. The molecule has 8 heteroatoms. The van der Waals surface area contributed by atoms with Gasteiger partial charge >= 0.3 is 11.9 Å². The second kappa shape index (κ2) is 8.82. The summed E-state index contributed by atoms with van der Waals surface area (Å²) >= 11 is 0. The molecule has 0 unspecified atom stereocenters. The Bertz CT molecular complexity index is 413. The lowest BCUT2D eigenvalue weighted by Crippen LogP contribution is -2.52. The first-order valence-corrected chi connectivity index (χ1v) is 7.41. The Kier molecular flexibility index (Phi) is 7.43. The quantitative estimate of drug-likeness (QED) is 0.633. The van der Waals surface area contributed by atoms with Crippen LogP contribution in [0.2, 0.25) is 0 Å². The first-order chi connectivity index (χ1) is 10.3. The fourth-order valence-electron chi connectivity index (χ4n) is 2.30. The van der Waals surface area contributed by atoms with Crippen molar-refractivity contribution in [3.05, 3.63) is 0 Å². The van der Waals surface area contributed by atoms with Crippen LogP contribution in [0.25, 0.3) is 0 Å². The van der Waals surface area contributed by atoms with E-state index < -0.39 is 11.9 Å². The number of carboxylic acid groups (broad SMARTS) is 2. The highest BCUT2D eigenvalue weighted by atomic mass is 16.4. The van der Waals surface area contributed by atoms with Gasteiger partial charge in [0, 0.05) is 32.1 Å². The van der Waals surface area contributed by atoms with Crippen LogP contribution in [-0.2, 0) is 14.4 Å². The number of carbonyl (C=O) groups is 3. The summed E-state index contributed by atoms with van der Waals surface area (Å²) in [5, 5.41) is 17.9. The molecule has 0 amide bonds. The molecule has 1 aliphatic rings. The van der Waals surface area contributed by atoms with Crippen LogP contribution >= 0.6 is 0 Å². The van der Waals surface area contributed by atoms with Crippen LogP contribution in [0.15, 0.2) is 0 Å². The molecule has 1 rings (SSSR count). The summed E-state index contributed by atoms with van der Waals surface area (Å²) in [7, 11) is 0. The molecule has 0 bridgehead atoms. The van der Waals surface area contributed by atoms with E-state index in [9.17, 15) is 14.4 Å². The molecule has 1 fully saturated rings. The molecule has 2 N–H and O–H groups in total. The number of aliphatic carboxylic acids is 2. The number of rotatable bonds is 7. The lowest BCUT2D eigenvalue weighted by Gasteiger charge is -2.35. The van der Waals surface area contributed by atoms with Crippen molar-refractivity contribution in [2.24, 2.45) is 5.92 Å². The van der Waals surface area contributed by atoms with Gasteiger partial charge in [0.2, 0.25) is 0 Å². The van der Waals surface area contributed by atoms with Gasteiger partial charge in [-0.1, -0.05) is 13.8 Å². The number of carboxylic acids is 2. The minimum Gasteiger partial charge on any atom is -0.480 e. The molecule has 1 saturated heterocycles. The summed E-state index contributed by atoms with van der Waals surface area (Å²) < 4.78 is 0. The van der Waals surface area contributed by atoms with E-state index in [0.717, 1.165) is 0 Å². The summed E-state index contributed by atoms with van der Waals surface area (Å²) in [5.74, 6) is -1.82. The number of Topliss-reactive ketones (excluding diaryl/α,β-unsaturated/α-hetero) is 1. The highest BCUT2D eigenvalue weighted by molar-refractivity contribution is 5.82. The summed E-state index contributed by atoms with van der Waals surface area (Å²) in [4.78, 5) is 39.1. The summed E-state index contributed by atoms with van der Waals surface area (Å²) in [6, 6.07) is 0. The van der Waals surface area contributed by atoms with Gasteiger partial charge in [-0.15, -0.1) is 0 Å². The van der Waals surface area contributed by atoms with E-state index in [1.807, 2.05) is 18.7 Å². The molecular formula is C14H25N3O5. The normalized spacial score (nSPS) is 18.9. The van der Waals surface area contributed by atoms with Gasteiger partial charge in [-0.2, -0.15) is 0 Å². The van der Waals surface area contributed by atoms with Crippen LogP contribution in [0.3, 0.4) is 0 Å². The molecule has 0 spiro atoms. The molecule has 0 atom stereocenters. The monoisotopic (exact) mass is 315 g/mol. The van der Waals surface area contributed by atoms with Crippen LogP contribution in [0.1, 0.15) is 13.8 Å². The maximum Gasteiger partial charge on any atom is 0.317 e. The fraction of sp³-hybridized carbons (Fsp3) is 0.786. The highest BCUT2D eigenvalue weighted by Gasteiger charge is 2.23. The minimum absolute atomic E-state index is 0.0755. The van der Waals surface area contributed by atoms with E-state index in [4.69, 9.17) is 10.2 Å². The van der Waals surface area contributed by atoms with E-state index in [1.165, 1.54) is 0 Å². The van der Waals surface area contributed by atoms with Crippen molar-refractivity contribution in [3.63, 3.8) is 0 Å². The molecule has 0 aromatic heterocycles. The molecule has 0 aromatic rings. The Balaban J connectivity index is 2.71. The standard InChI is InChI=1S/C14H25N3O5/c1-11(2)12(18)7-16-5-3-15(8-13(19)20)4-6-17(10-16)9-14(21)22/h11H,3-10H2,1-2H3,(H,19,20)(H,21,22). The van der Waals surface area contributed by atoms with E-state index in [1.54, 1.807) is 9.80 Å². The lowest BCUT2D eigenvalue weighted by molar-refractivity contribution is -0.141. The van der Waals surface area contributed by atoms with Crippen LogP contribution in [0.5, 0.6) is 0 Å². The first-order valence-electron chi connectivity index (χ1n) is 7.41. The number of hydrogen-bond acceptors (Lipinski definition) is 6. The third kappa shape index (κ3) is 6.97. The molecule has 0 radical (unpaired) electrons.